The number of ether oxygens (including phenoxy) is 2. The molecular formula is C11H18N6O2. The highest BCUT2D eigenvalue weighted by atomic mass is 16.5. The Kier molecular flexibility index (Phi) is 4.87. The number of H-pyrrole nitrogens is 1. The second-order valence-electron chi connectivity index (χ2n) is 3.94. The summed E-state index contributed by atoms with van der Waals surface area (Å²) in [4.78, 5) is 8.25. The van der Waals surface area contributed by atoms with Gasteiger partial charge in [0.05, 0.1) is 12.8 Å². The molecule has 0 saturated carbocycles. The number of aromatic amines is 1. The number of hydrogen-bond acceptors (Lipinski definition) is 7. The van der Waals surface area contributed by atoms with Crippen LogP contribution in [0.5, 0.6) is 5.88 Å². The van der Waals surface area contributed by atoms with Crippen molar-refractivity contribution in [3.8, 4) is 5.88 Å². The van der Waals surface area contributed by atoms with Crippen LogP contribution in [0.25, 0.3) is 11.0 Å². The molecule has 2 rings (SSSR count). The molecule has 0 unspecified atom stereocenters. The first-order chi connectivity index (χ1) is 9.35. The highest BCUT2D eigenvalue weighted by molar-refractivity contribution is 5.80. The monoisotopic (exact) mass is 266 g/mol. The number of unbranched alkanes of at least 4 members (excludes halogenated alkanes) is 1. The van der Waals surface area contributed by atoms with Gasteiger partial charge < -0.3 is 9.47 Å². The number of anilines is 1. The fourth-order valence-corrected chi connectivity index (χ4v) is 1.53. The summed E-state index contributed by atoms with van der Waals surface area (Å²) in [5.41, 5.74) is 2.96. The lowest BCUT2D eigenvalue weighted by molar-refractivity contribution is 0.0971. The Hall–Kier alpha value is -1.93. The third-order valence-electron chi connectivity index (χ3n) is 2.51. The average molecular weight is 266 g/mol. The minimum atomic E-state index is 0.277. The van der Waals surface area contributed by atoms with Crippen molar-refractivity contribution in [3.05, 3.63) is 6.20 Å². The number of hydrazine groups is 1. The summed E-state index contributed by atoms with van der Waals surface area (Å²) >= 11 is 0. The Morgan fingerprint density at radius 3 is 3.00 bits per heavy atom. The molecule has 8 heteroatoms. The average Bonchev–Trinajstić information content (AvgIpc) is 2.90. The smallest absolute Gasteiger partial charge is 0.242 e. The molecule has 0 atom stereocenters. The number of nitrogen functional groups attached to an aromatic ring is 1. The SMILES string of the molecule is CCCCOCCOc1nc(NN)nc2[nH]ncc12. The molecule has 2 aromatic heterocycles. The largest absolute Gasteiger partial charge is 0.475 e. The van der Waals surface area contributed by atoms with Crippen molar-refractivity contribution in [2.45, 2.75) is 19.8 Å². The van der Waals surface area contributed by atoms with Gasteiger partial charge in [0, 0.05) is 6.61 Å². The molecule has 0 fully saturated rings. The van der Waals surface area contributed by atoms with Crippen LogP contribution < -0.4 is 16.0 Å². The van der Waals surface area contributed by atoms with Crippen molar-refractivity contribution < 1.29 is 9.47 Å². The van der Waals surface area contributed by atoms with Gasteiger partial charge in [0.25, 0.3) is 0 Å². The summed E-state index contributed by atoms with van der Waals surface area (Å²) in [5, 5.41) is 7.36. The van der Waals surface area contributed by atoms with E-state index in [4.69, 9.17) is 15.3 Å². The molecular weight excluding hydrogens is 248 g/mol. The topological polar surface area (TPSA) is 111 Å². The number of nitrogens with one attached hydrogen (secondary N) is 2. The summed E-state index contributed by atoms with van der Waals surface area (Å²) < 4.78 is 11.0. The van der Waals surface area contributed by atoms with E-state index in [1.807, 2.05) is 0 Å². The van der Waals surface area contributed by atoms with Crippen molar-refractivity contribution >= 4 is 17.0 Å². The van der Waals surface area contributed by atoms with Gasteiger partial charge in [0.2, 0.25) is 11.8 Å². The minimum absolute atomic E-state index is 0.277. The van der Waals surface area contributed by atoms with Crippen LogP contribution in [0.15, 0.2) is 6.20 Å². The summed E-state index contributed by atoms with van der Waals surface area (Å²) in [6, 6.07) is 0. The van der Waals surface area contributed by atoms with E-state index in [9.17, 15) is 0 Å². The highest BCUT2D eigenvalue weighted by Crippen LogP contribution is 2.21. The van der Waals surface area contributed by atoms with E-state index < -0.39 is 0 Å². The predicted octanol–water partition coefficient (Wildman–Crippen LogP) is 0.834. The fourth-order valence-electron chi connectivity index (χ4n) is 1.53. The maximum absolute atomic E-state index is 5.57. The zero-order valence-electron chi connectivity index (χ0n) is 10.8. The number of rotatable bonds is 8. The molecule has 0 aliphatic rings. The van der Waals surface area contributed by atoms with Gasteiger partial charge in [-0.2, -0.15) is 15.1 Å². The maximum atomic E-state index is 5.57. The molecule has 0 saturated heterocycles. The number of hydrogen-bond donors (Lipinski definition) is 3. The summed E-state index contributed by atoms with van der Waals surface area (Å²) in [7, 11) is 0. The van der Waals surface area contributed by atoms with Crippen LogP contribution in [0.3, 0.4) is 0 Å². The maximum Gasteiger partial charge on any atom is 0.242 e. The van der Waals surface area contributed by atoms with Crippen molar-refractivity contribution in [1.82, 2.24) is 20.2 Å². The molecule has 0 aliphatic carbocycles. The summed E-state index contributed by atoms with van der Waals surface area (Å²) in [6.07, 6.45) is 3.79. The van der Waals surface area contributed by atoms with Gasteiger partial charge in [-0.15, -0.1) is 0 Å². The molecule has 19 heavy (non-hydrogen) atoms. The predicted molar refractivity (Wildman–Crippen MR) is 70.7 cm³/mol. The van der Waals surface area contributed by atoms with Gasteiger partial charge in [-0.05, 0) is 6.42 Å². The lowest BCUT2D eigenvalue weighted by atomic mass is 10.4. The number of fused-ring (bicyclic) bond motifs is 1. The molecule has 0 aromatic carbocycles. The quantitative estimate of drug-likeness (QED) is 0.368. The zero-order valence-corrected chi connectivity index (χ0v) is 10.8. The normalized spacial score (nSPS) is 10.8. The van der Waals surface area contributed by atoms with E-state index in [2.05, 4.69) is 32.5 Å². The number of nitrogens with zero attached hydrogens (tertiary/aromatic N) is 3. The van der Waals surface area contributed by atoms with E-state index in [0.29, 0.717) is 30.1 Å². The van der Waals surface area contributed by atoms with Crippen molar-refractivity contribution in [2.24, 2.45) is 5.84 Å². The van der Waals surface area contributed by atoms with Crippen molar-refractivity contribution in [1.29, 1.82) is 0 Å². The van der Waals surface area contributed by atoms with Gasteiger partial charge in [0.15, 0.2) is 5.65 Å². The minimum Gasteiger partial charge on any atom is -0.475 e. The highest BCUT2D eigenvalue weighted by Gasteiger charge is 2.09. The van der Waals surface area contributed by atoms with E-state index >= 15 is 0 Å². The summed E-state index contributed by atoms with van der Waals surface area (Å²) in [5.74, 6) is 6.01. The van der Waals surface area contributed by atoms with Gasteiger partial charge >= 0.3 is 0 Å². The van der Waals surface area contributed by atoms with Crippen molar-refractivity contribution in [2.75, 3.05) is 25.2 Å². The number of aromatic nitrogens is 4. The van der Waals surface area contributed by atoms with Gasteiger partial charge in [-0.3, -0.25) is 10.5 Å². The summed E-state index contributed by atoms with van der Waals surface area (Å²) in [6.45, 7) is 3.82. The third-order valence-corrected chi connectivity index (χ3v) is 2.51. The van der Waals surface area contributed by atoms with E-state index in [1.54, 1.807) is 6.20 Å². The molecule has 0 amide bonds. The molecule has 0 aliphatic heterocycles. The first kappa shape index (κ1) is 13.5. The molecule has 0 radical (unpaired) electrons. The first-order valence-corrected chi connectivity index (χ1v) is 6.23. The van der Waals surface area contributed by atoms with Crippen LogP contribution >= 0.6 is 0 Å². The van der Waals surface area contributed by atoms with E-state index in [0.717, 1.165) is 19.4 Å². The lowest BCUT2D eigenvalue weighted by Gasteiger charge is -2.08. The van der Waals surface area contributed by atoms with Crippen LogP contribution in [-0.2, 0) is 4.74 Å². The van der Waals surface area contributed by atoms with Crippen LogP contribution in [0, 0.1) is 0 Å². The van der Waals surface area contributed by atoms with Gasteiger partial charge in [-0.25, -0.2) is 5.84 Å². The Labute approximate surface area is 110 Å². The molecule has 104 valence electrons. The second-order valence-corrected chi connectivity index (χ2v) is 3.94. The Morgan fingerprint density at radius 2 is 2.21 bits per heavy atom. The first-order valence-electron chi connectivity index (χ1n) is 6.23. The Balaban J connectivity index is 1.93. The van der Waals surface area contributed by atoms with Crippen LogP contribution in [0.4, 0.5) is 5.95 Å². The zero-order chi connectivity index (χ0) is 13.5. The second kappa shape index (κ2) is 6.86. The van der Waals surface area contributed by atoms with Crippen LogP contribution in [0.1, 0.15) is 19.8 Å². The lowest BCUT2D eigenvalue weighted by Crippen LogP contribution is -2.13. The van der Waals surface area contributed by atoms with Gasteiger partial charge in [0.1, 0.15) is 12.0 Å². The molecule has 0 bridgehead atoms. The molecule has 8 nitrogen and oxygen atoms in total. The van der Waals surface area contributed by atoms with E-state index in [-0.39, 0.29) is 5.95 Å². The van der Waals surface area contributed by atoms with Crippen LogP contribution in [0.2, 0.25) is 0 Å². The third kappa shape index (κ3) is 3.52. The number of nitrogens with two attached hydrogens (primary N) is 1. The Morgan fingerprint density at radius 1 is 1.32 bits per heavy atom. The van der Waals surface area contributed by atoms with Crippen LogP contribution in [-0.4, -0.2) is 40.0 Å². The standard InChI is InChI=1S/C11H18N6O2/c1-2-3-4-18-5-6-19-10-8-7-13-17-9(8)14-11(15-10)16-12/h7H,2-6,12H2,1H3,(H2,13,14,15,16,17). The molecule has 0 spiro atoms. The Bertz CT molecular complexity index is 515. The molecule has 2 heterocycles. The van der Waals surface area contributed by atoms with E-state index in [1.165, 1.54) is 0 Å². The fraction of sp³-hybridized carbons (Fsp3) is 0.545. The van der Waals surface area contributed by atoms with Crippen molar-refractivity contribution in [3.63, 3.8) is 0 Å². The molecule has 4 N–H and O–H groups in total. The van der Waals surface area contributed by atoms with Gasteiger partial charge in [-0.1, -0.05) is 13.3 Å². The molecule has 2 aromatic rings.